The van der Waals surface area contributed by atoms with Gasteiger partial charge in [0, 0.05) is 48.7 Å². The van der Waals surface area contributed by atoms with Crippen LogP contribution in [0.3, 0.4) is 0 Å². The molecule has 3 aromatic heterocycles. The van der Waals surface area contributed by atoms with E-state index in [0.717, 1.165) is 13.0 Å². The van der Waals surface area contributed by atoms with E-state index >= 15 is 0 Å². The summed E-state index contributed by atoms with van der Waals surface area (Å²) in [6.45, 7) is 1.77. The van der Waals surface area contributed by atoms with E-state index in [1.165, 1.54) is 10.7 Å². The number of hydrogen-bond donors (Lipinski definition) is 1. The maximum Gasteiger partial charge on any atom is 0.261 e. The molecule has 0 bridgehead atoms. The molecule has 4 aromatic rings. The first-order valence-electron chi connectivity index (χ1n) is 10.8. The summed E-state index contributed by atoms with van der Waals surface area (Å²) in [5, 5.41) is 12.3. The molecule has 34 heavy (non-hydrogen) atoms. The van der Waals surface area contributed by atoms with Crippen molar-refractivity contribution >= 4 is 34.7 Å². The first-order chi connectivity index (χ1) is 16.5. The number of nitrogens with zero attached hydrogens (tertiary/aromatic N) is 6. The third kappa shape index (κ3) is 4.19. The van der Waals surface area contributed by atoms with E-state index in [1.54, 1.807) is 54.6 Å². The highest BCUT2D eigenvalue weighted by Gasteiger charge is 2.23. The average molecular weight is 480 g/mol. The number of ether oxygens (including phenoxy) is 1. The Hall–Kier alpha value is -3.92. The van der Waals surface area contributed by atoms with E-state index in [9.17, 15) is 9.59 Å². The highest BCUT2D eigenvalue weighted by molar-refractivity contribution is 6.31. The standard InChI is InChI=1S/C23H22ClN7O3/c1-34-19-6-5-15(24)12-16(19)21-18(14-30(28-21)11-10-29-8-2-4-20(29)32)27-23(33)17-13-26-31-9-3-7-25-22(17)31/h3,5-7,9,12-14H,2,4,8,10-11H2,1H3,(H,27,33). The molecule has 2 amide bonds. The SMILES string of the molecule is COc1ccc(Cl)cc1-c1nn(CCN2CCCC2=O)cc1NC(=O)c1cnn2cccnc12. The highest BCUT2D eigenvalue weighted by atomic mass is 35.5. The average Bonchev–Trinajstić information content (AvgIpc) is 3.56. The number of likely N-dealkylation sites (tertiary alicyclic amines) is 1. The molecule has 0 aliphatic carbocycles. The van der Waals surface area contributed by atoms with Crippen molar-refractivity contribution < 1.29 is 14.3 Å². The second-order valence-electron chi connectivity index (χ2n) is 7.88. The van der Waals surface area contributed by atoms with Gasteiger partial charge in [-0.15, -0.1) is 0 Å². The molecule has 0 unspecified atom stereocenters. The van der Waals surface area contributed by atoms with Gasteiger partial charge in [0.2, 0.25) is 5.91 Å². The lowest BCUT2D eigenvalue weighted by Crippen LogP contribution is -2.28. The molecule has 1 N–H and O–H groups in total. The summed E-state index contributed by atoms with van der Waals surface area (Å²) in [7, 11) is 1.56. The topological polar surface area (TPSA) is 107 Å². The van der Waals surface area contributed by atoms with Gasteiger partial charge in [-0.3, -0.25) is 14.3 Å². The third-order valence-corrected chi connectivity index (χ3v) is 5.96. The number of carbonyl (C=O) groups is 2. The Bertz CT molecular complexity index is 1380. The molecule has 1 saturated heterocycles. The first-order valence-corrected chi connectivity index (χ1v) is 11.2. The summed E-state index contributed by atoms with van der Waals surface area (Å²) in [6.07, 6.45) is 8.00. The first kappa shape index (κ1) is 21.9. The molecular weight excluding hydrogens is 458 g/mol. The van der Waals surface area contributed by atoms with Gasteiger partial charge in [-0.25, -0.2) is 9.50 Å². The summed E-state index contributed by atoms with van der Waals surface area (Å²) >= 11 is 6.26. The Kier molecular flexibility index (Phi) is 5.89. The smallest absolute Gasteiger partial charge is 0.261 e. The van der Waals surface area contributed by atoms with Crippen molar-refractivity contribution in [1.29, 1.82) is 0 Å². The molecule has 0 saturated carbocycles. The van der Waals surface area contributed by atoms with Crippen LogP contribution >= 0.6 is 11.6 Å². The number of rotatable bonds is 7. The number of nitrogens with one attached hydrogen (secondary N) is 1. The van der Waals surface area contributed by atoms with Crippen LogP contribution in [0.15, 0.2) is 49.1 Å². The van der Waals surface area contributed by atoms with E-state index in [-0.39, 0.29) is 11.8 Å². The Morgan fingerprint density at radius 3 is 2.97 bits per heavy atom. The molecule has 5 rings (SSSR count). The normalized spacial score (nSPS) is 13.6. The molecule has 1 fully saturated rings. The van der Waals surface area contributed by atoms with Crippen LogP contribution in [-0.2, 0) is 11.3 Å². The largest absolute Gasteiger partial charge is 0.496 e. The van der Waals surface area contributed by atoms with Crippen molar-refractivity contribution in [1.82, 2.24) is 29.3 Å². The van der Waals surface area contributed by atoms with Crippen molar-refractivity contribution in [3.63, 3.8) is 0 Å². The fourth-order valence-corrected chi connectivity index (χ4v) is 4.20. The second kappa shape index (κ2) is 9.14. The van der Waals surface area contributed by atoms with E-state index < -0.39 is 0 Å². The molecule has 1 aliphatic heterocycles. The van der Waals surface area contributed by atoms with Gasteiger partial charge < -0.3 is 15.0 Å². The van der Waals surface area contributed by atoms with Crippen LogP contribution in [0, 0.1) is 0 Å². The summed E-state index contributed by atoms with van der Waals surface area (Å²) in [5.74, 6) is 0.348. The van der Waals surface area contributed by atoms with Gasteiger partial charge in [0.05, 0.1) is 25.5 Å². The van der Waals surface area contributed by atoms with E-state index in [2.05, 4.69) is 15.4 Å². The van der Waals surface area contributed by atoms with Gasteiger partial charge in [-0.05, 0) is 30.7 Å². The zero-order chi connectivity index (χ0) is 23.7. The van der Waals surface area contributed by atoms with Crippen LogP contribution in [0.4, 0.5) is 5.69 Å². The van der Waals surface area contributed by atoms with Gasteiger partial charge in [0.25, 0.3) is 5.91 Å². The number of halogens is 1. The minimum Gasteiger partial charge on any atom is -0.496 e. The summed E-state index contributed by atoms with van der Waals surface area (Å²) in [5.41, 5.74) is 2.40. The third-order valence-electron chi connectivity index (χ3n) is 5.72. The Labute approximate surface area is 200 Å². The molecule has 10 nitrogen and oxygen atoms in total. The van der Waals surface area contributed by atoms with Crippen LogP contribution in [-0.4, -0.2) is 61.3 Å². The fraction of sp³-hybridized carbons (Fsp3) is 0.261. The summed E-state index contributed by atoms with van der Waals surface area (Å²) < 4.78 is 8.76. The number of carbonyl (C=O) groups excluding carboxylic acids is 2. The number of aromatic nitrogens is 5. The van der Waals surface area contributed by atoms with Gasteiger partial charge in [0.1, 0.15) is 17.0 Å². The van der Waals surface area contributed by atoms with Crippen molar-refractivity contribution in [3.8, 4) is 17.0 Å². The van der Waals surface area contributed by atoms with Crippen molar-refractivity contribution in [2.45, 2.75) is 19.4 Å². The zero-order valence-electron chi connectivity index (χ0n) is 18.4. The van der Waals surface area contributed by atoms with E-state index in [0.29, 0.717) is 58.4 Å². The second-order valence-corrected chi connectivity index (χ2v) is 8.32. The van der Waals surface area contributed by atoms with E-state index in [4.69, 9.17) is 21.4 Å². The van der Waals surface area contributed by atoms with Crippen LogP contribution in [0.5, 0.6) is 5.75 Å². The van der Waals surface area contributed by atoms with E-state index in [1.807, 2.05) is 4.90 Å². The minimum atomic E-state index is -0.370. The lowest BCUT2D eigenvalue weighted by Gasteiger charge is -2.14. The molecule has 11 heteroatoms. The monoisotopic (exact) mass is 479 g/mol. The number of fused-ring (bicyclic) bond motifs is 1. The van der Waals surface area contributed by atoms with Gasteiger partial charge in [-0.2, -0.15) is 10.2 Å². The molecule has 1 aliphatic rings. The Morgan fingerprint density at radius 2 is 2.18 bits per heavy atom. The molecule has 0 atom stereocenters. The van der Waals surface area contributed by atoms with Crippen molar-refractivity contribution in [2.75, 3.05) is 25.5 Å². The Morgan fingerprint density at radius 1 is 1.29 bits per heavy atom. The quantitative estimate of drug-likeness (QED) is 0.436. The number of anilines is 1. The lowest BCUT2D eigenvalue weighted by molar-refractivity contribution is -0.127. The fourth-order valence-electron chi connectivity index (χ4n) is 4.03. The summed E-state index contributed by atoms with van der Waals surface area (Å²) in [6, 6.07) is 6.95. The maximum absolute atomic E-state index is 13.2. The molecule has 0 spiro atoms. The molecule has 0 radical (unpaired) electrons. The molecule has 1 aromatic carbocycles. The molecular formula is C23H22ClN7O3. The number of amides is 2. The van der Waals surface area contributed by atoms with Gasteiger partial charge in [-0.1, -0.05) is 11.6 Å². The summed E-state index contributed by atoms with van der Waals surface area (Å²) in [4.78, 5) is 31.2. The molecule has 174 valence electrons. The van der Waals surface area contributed by atoms with Crippen molar-refractivity contribution in [3.05, 3.63) is 59.6 Å². The van der Waals surface area contributed by atoms with Gasteiger partial charge in [0.15, 0.2) is 5.65 Å². The Balaban J connectivity index is 1.49. The lowest BCUT2D eigenvalue weighted by atomic mass is 10.1. The number of hydrogen-bond acceptors (Lipinski definition) is 6. The highest BCUT2D eigenvalue weighted by Crippen LogP contribution is 2.36. The van der Waals surface area contributed by atoms with Crippen LogP contribution < -0.4 is 10.1 Å². The van der Waals surface area contributed by atoms with Crippen LogP contribution in [0.25, 0.3) is 16.9 Å². The number of benzene rings is 1. The zero-order valence-corrected chi connectivity index (χ0v) is 19.2. The molecule has 4 heterocycles. The van der Waals surface area contributed by atoms with Crippen LogP contribution in [0.1, 0.15) is 23.2 Å². The van der Waals surface area contributed by atoms with Crippen LogP contribution in [0.2, 0.25) is 5.02 Å². The predicted octanol–water partition coefficient (Wildman–Crippen LogP) is 3.13. The number of methoxy groups -OCH3 is 1. The predicted molar refractivity (Wildman–Crippen MR) is 126 cm³/mol. The minimum absolute atomic E-state index is 0.151. The van der Waals surface area contributed by atoms with Crippen molar-refractivity contribution in [2.24, 2.45) is 0 Å². The van der Waals surface area contributed by atoms with Gasteiger partial charge >= 0.3 is 0 Å². The maximum atomic E-state index is 13.2.